The fraction of sp³-hybridized carbons (Fsp3) is 0.234. The van der Waals surface area contributed by atoms with Gasteiger partial charge in [0.15, 0.2) is 5.78 Å². The van der Waals surface area contributed by atoms with E-state index >= 15 is 0 Å². The van der Waals surface area contributed by atoms with Gasteiger partial charge in [-0.25, -0.2) is 0 Å². The zero-order chi connectivity index (χ0) is 39.3. The second kappa shape index (κ2) is 19.1. The van der Waals surface area contributed by atoms with E-state index in [4.69, 9.17) is 18.6 Å². The molecule has 5 rings (SSSR count). The molecule has 0 saturated carbocycles. The quantitative estimate of drug-likeness (QED) is 0.0442. The summed E-state index contributed by atoms with van der Waals surface area (Å²) in [5, 5.41) is 2.41. The first-order valence-corrected chi connectivity index (χ1v) is 20.5. The monoisotopic (exact) mass is 753 g/mol. The minimum absolute atomic E-state index is 0.0634. The molecular weight excluding hydrogens is 703 g/mol. The second-order valence-electron chi connectivity index (χ2n) is 14.2. The molecule has 0 amide bonds. The minimum Gasteiger partial charge on any atom is -0.497 e. The molecule has 4 aromatic carbocycles. The Hall–Kier alpha value is -5.70. The van der Waals surface area contributed by atoms with Gasteiger partial charge in [-0.05, 0) is 69.2 Å². The molecular formula is C47H51NO6Si. The van der Waals surface area contributed by atoms with Crippen molar-refractivity contribution in [3.8, 4) is 28.4 Å². The summed E-state index contributed by atoms with van der Waals surface area (Å²) in [5.74, 6) is 1.41. The van der Waals surface area contributed by atoms with Crippen molar-refractivity contribution in [1.29, 1.82) is 0 Å². The summed E-state index contributed by atoms with van der Waals surface area (Å²) >= 11 is 0. The summed E-state index contributed by atoms with van der Waals surface area (Å²) in [6.07, 6.45) is 13.3. The van der Waals surface area contributed by atoms with Gasteiger partial charge in [-0.15, -0.1) is 0 Å². The normalized spacial score (nSPS) is 12.7. The zero-order valence-corrected chi connectivity index (χ0v) is 33.6. The average Bonchev–Trinajstić information content (AvgIpc) is 3.21. The van der Waals surface area contributed by atoms with Crippen LogP contribution in [0, 0.1) is 5.92 Å². The van der Waals surface area contributed by atoms with Crippen LogP contribution in [-0.4, -0.2) is 39.9 Å². The summed E-state index contributed by atoms with van der Waals surface area (Å²) < 4.78 is 23.9. The molecule has 0 fully saturated rings. The molecule has 284 valence electrons. The molecule has 0 spiro atoms. The van der Waals surface area contributed by atoms with Gasteiger partial charge >= 0.3 is 0 Å². The van der Waals surface area contributed by atoms with Crippen LogP contribution >= 0.6 is 0 Å². The molecule has 1 N–H and O–H groups in total. The van der Waals surface area contributed by atoms with Crippen LogP contribution in [0.3, 0.4) is 0 Å². The lowest BCUT2D eigenvalue weighted by molar-refractivity contribution is 0.104. The van der Waals surface area contributed by atoms with Crippen LogP contribution in [0.5, 0.6) is 17.2 Å². The van der Waals surface area contributed by atoms with E-state index < -0.39 is 19.7 Å². The molecule has 1 heterocycles. The van der Waals surface area contributed by atoms with E-state index in [1.165, 1.54) is 23.6 Å². The Morgan fingerprint density at radius 3 is 1.93 bits per heavy atom. The molecule has 1 aromatic heterocycles. The maximum absolute atomic E-state index is 13.3. The van der Waals surface area contributed by atoms with Crippen LogP contribution in [-0.2, 0) is 11.0 Å². The predicted octanol–water partition coefficient (Wildman–Crippen LogP) is 9.09. The number of ether oxygens (including phenoxy) is 3. The molecule has 0 saturated heterocycles. The van der Waals surface area contributed by atoms with Gasteiger partial charge in [-0.1, -0.05) is 143 Å². The van der Waals surface area contributed by atoms with Gasteiger partial charge in [-0.2, -0.15) is 0 Å². The van der Waals surface area contributed by atoms with Gasteiger partial charge in [0.2, 0.25) is 0 Å². The van der Waals surface area contributed by atoms with Gasteiger partial charge in [0.05, 0.1) is 14.2 Å². The number of aromatic amines is 1. The van der Waals surface area contributed by atoms with Crippen molar-refractivity contribution in [3.05, 3.63) is 173 Å². The first kappa shape index (κ1) is 40.5. The third-order valence-corrected chi connectivity index (χ3v) is 14.7. The maximum Gasteiger partial charge on any atom is 0.263 e. The Morgan fingerprint density at radius 1 is 0.764 bits per heavy atom. The lowest BCUT2D eigenvalue weighted by Crippen LogP contribution is -2.66. The standard InChI is InChI=1S/C47H51NO6Si/c1-7-35(34-54-55(47(2,3)4,40-19-13-10-14-20-40)41-21-15-11-16-22-41)18-12-8-9-17-23-43(49)44-45(52-6)42(32-48-46(44)50)37-26-30-39(31-27-37)53-33-36-24-28-38(51-5)29-25-36/h8-32,35H,7,33-34H2,1-6H3,(H,48,50)/b9-8+,18-12+,23-17+/t35-/m0/s1. The topological polar surface area (TPSA) is 86.9 Å². The first-order valence-electron chi connectivity index (χ1n) is 18.6. The minimum atomic E-state index is -2.64. The number of methoxy groups -OCH3 is 2. The van der Waals surface area contributed by atoms with Crippen molar-refractivity contribution in [2.75, 3.05) is 20.8 Å². The fourth-order valence-corrected chi connectivity index (χ4v) is 11.3. The molecule has 8 heteroatoms. The smallest absolute Gasteiger partial charge is 0.263 e. The summed E-state index contributed by atoms with van der Waals surface area (Å²) in [6.45, 7) is 10.00. The van der Waals surface area contributed by atoms with Crippen LogP contribution in [0.15, 0.2) is 157 Å². The van der Waals surface area contributed by atoms with E-state index in [2.05, 4.69) is 99.4 Å². The van der Waals surface area contributed by atoms with E-state index in [0.29, 0.717) is 24.5 Å². The van der Waals surface area contributed by atoms with Crippen molar-refractivity contribution in [1.82, 2.24) is 4.98 Å². The number of ketones is 1. The predicted molar refractivity (Wildman–Crippen MR) is 225 cm³/mol. The van der Waals surface area contributed by atoms with Crippen molar-refractivity contribution in [2.24, 2.45) is 5.92 Å². The maximum atomic E-state index is 13.3. The van der Waals surface area contributed by atoms with E-state index in [0.717, 1.165) is 23.3 Å². The largest absolute Gasteiger partial charge is 0.497 e. The van der Waals surface area contributed by atoms with Gasteiger partial charge < -0.3 is 23.6 Å². The number of benzene rings is 4. The van der Waals surface area contributed by atoms with Crippen LogP contribution in [0.25, 0.3) is 11.1 Å². The molecule has 0 bridgehead atoms. The molecule has 0 aliphatic carbocycles. The SMILES string of the molecule is CC[C@@H](/C=C/C=C/C=C/C(=O)c1c(OC)c(-c2ccc(OCc3ccc(OC)cc3)cc2)c[nH]c1=O)CO[Si](c1ccccc1)(c1ccccc1)C(C)(C)C. The van der Waals surface area contributed by atoms with E-state index in [9.17, 15) is 9.59 Å². The Kier molecular flexibility index (Phi) is 14.0. The number of nitrogens with one attached hydrogen (secondary N) is 1. The lowest BCUT2D eigenvalue weighted by Gasteiger charge is -2.43. The number of rotatable bonds is 17. The van der Waals surface area contributed by atoms with Gasteiger partial charge in [0.1, 0.15) is 29.4 Å². The van der Waals surface area contributed by atoms with E-state index in [-0.39, 0.29) is 22.3 Å². The number of aromatic nitrogens is 1. The van der Waals surface area contributed by atoms with E-state index in [1.54, 1.807) is 25.5 Å². The average molecular weight is 754 g/mol. The second-order valence-corrected chi connectivity index (χ2v) is 18.5. The number of allylic oxidation sites excluding steroid dienone is 5. The molecule has 0 aliphatic rings. The Balaban J connectivity index is 1.24. The highest BCUT2D eigenvalue weighted by Gasteiger charge is 2.50. The summed E-state index contributed by atoms with van der Waals surface area (Å²) in [7, 11) is 0.449. The van der Waals surface area contributed by atoms with Crippen LogP contribution in [0.4, 0.5) is 0 Å². The number of hydrogen-bond donors (Lipinski definition) is 1. The van der Waals surface area contributed by atoms with Crippen LogP contribution in [0.2, 0.25) is 5.04 Å². The van der Waals surface area contributed by atoms with Gasteiger partial charge in [0.25, 0.3) is 13.9 Å². The molecule has 0 radical (unpaired) electrons. The summed E-state index contributed by atoms with van der Waals surface area (Å²) in [4.78, 5) is 29.0. The van der Waals surface area contributed by atoms with Crippen LogP contribution in [0.1, 0.15) is 50.0 Å². The highest BCUT2D eigenvalue weighted by molar-refractivity contribution is 6.99. The van der Waals surface area contributed by atoms with Crippen molar-refractivity contribution in [3.63, 3.8) is 0 Å². The number of carbonyl (C=O) groups excluding carboxylic acids is 1. The van der Waals surface area contributed by atoms with Crippen molar-refractivity contribution >= 4 is 24.5 Å². The zero-order valence-electron chi connectivity index (χ0n) is 32.6. The molecule has 5 aromatic rings. The lowest BCUT2D eigenvalue weighted by atomic mass is 10.0. The number of pyridine rings is 1. The highest BCUT2D eigenvalue weighted by atomic mass is 28.4. The van der Waals surface area contributed by atoms with Gasteiger partial charge in [0, 0.05) is 18.4 Å². The first-order chi connectivity index (χ1) is 26.6. The Bertz CT molecular complexity index is 2090. The summed E-state index contributed by atoms with van der Waals surface area (Å²) in [5.41, 5.74) is 1.77. The van der Waals surface area contributed by atoms with Crippen molar-refractivity contribution in [2.45, 2.75) is 45.8 Å². The molecule has 7 nitrogen and oxygen atoms in total. The fourth-order valence-electron chi connectivity index (χ4n) is 6.66. The molecule has 1 atom stereocenters. The van der Waals surface area contributed by atoms with Gasteiger partial charge in [-0.3, -0.25) is 9.59 Å². The third-order valence-electron chi connectivity index (χ3n) is 9.65. The molecule has 0 unspecified atom stereocenters. The van der Waals surface area contributed by atoms with Crippen molar-refractivity contribution < 1.29 is 23.4 Å². The highest BCUT2D eigenvalue weighted by Crippen LogP contribution is 2.37. The number of hydrogen-bond acceptors (Lipinski definition) is 6. The third kappa shape index (κ3) is 9.89. The van der Waals surface area contributed by atoms with Crippen LogP contribution < -0.4 is 30.1 Å². The number of carbonyl (C=O) groups is 1. The Morgan fingerprint density at radius 2 is 1.36 bits per heavy atom. The summed E-state index contributed by atoms with van der Waals surface area (Å²) in [6, 6.07) is 36.4. The molecule has 0 aliphatic heterocycles. The molecule has 55 heavy (non-hydrogen) atoms. The number of H-pyrrole nitrogens is 1. The van der Waals surface area contributed by atoms with E-state index in [1.807, 2.05) is 60.7 Å². The Labute approximate surface area is 326 Å².